The molecule has 0 atom stereocenters. The molecule has 154 valence electrons. The molecule has 3 heterocycles. The molecule has 30 heavy (non-hydrogen) atoms. The average molecular weight is 431 g/mol. The van der Waals surface area contributed by atoms with E-state index in [0.29, 0.717) is 5.69 Å². The maximum Gasteiger partial charge on any atom is 0.439 e. The molecule has 3 N–H and O–H groups in total. The number of anilines is 2. The number of pyridine rings is 1. The molecular formula is C19H15F2N5O3S. The van der Waals surface area contributed by atoms with Crippen LogP contribution in [0.1, 0.15) is 24.8 Å². The van der Waals surface area contributed by atoms with Crippen molar-refractivity contribution in [3.05, 3.63) is 58.5 Å². The number of rotatable bonds is 5. The molecule has 0 bridgehead atoms. The monoisotopic (exact) mass is 431 g/mol. The SMILES string of the molecule is O=c1[nH]c(-c2cn(SF)c3cc(F)c(Nc4ccc(C5(O)CCC5)cc4)nc23)no1. The molecule has 0 spiro atoms. The summed E-state index contributed by atoms with van der Waals surface area (Å²) in [5, 5.41) is 16.9. The molecule has 0 unspecified atom stereocenters. The lowest BCUT2D eigenvalue weighted by atomic mass is 9.75. The molecular weight excluding hydrogens is 416 g/mol. The summed E-state index contributed by atoms with van der Waals surface area (Å²) in [6, 6.07) is 8.19. The minimum absolute atomic E-state index is 0.0564. The Morgan fingerprint density at radius 1 is 1.30 bits per heavy atom. The number of nitrogens with zero attached hydrogens (tertiary/aromatic N) is 3. The number of halogens is 2. The van der Waals surface area contributed by atoms with Crippen molar-refractivity contribution in [3.63, 3.8) is 0 Å². The summed E-state index contributed by atoms with van der Waals surface area (Å²) in [6.07, 6.45) is 3.78. The van der Waals surface area contributed by atoms with Gasteiger partial charge in [-0.2, -0.15) is 0 Å². The van der Waals surface area contributed by atoms with E-state index in [1.54, 1.807) is 24.3 Å². The summed E-state index contributed by atoms with van der Waals surface area (Å²) < 4.78 is 33.6. The molecule has 3 aromatic heterocycles. The van der Waals surface area contributed by atoms with Gasteiger partial charge in [0.1, 0.15) is 5.52 Å². The van der Waals surface area contributed by atoms with Crippen molar-refractivity contribution >= 4 is 34.9 Å². The maximum absolute atomic E-state index is 14.7. The van der Waals surface area contributed by atoms with Gasteiger partial charge in [-0.05, 0) is 37.0 Å². The lowest BCUT2D eigenvalue weighted by molar-refractivity contribution is -0.0387. The highest BCUT2D eigenvalue weighted by Gasteiger charge is 2.35. The van der Waals surface area contributed by atoms with Crippen molar-refractivity contribution in [1.29, 1.82) is 0 Å². The largest absolute Gasteiger partial charge is 0.439 e. The first-order chi connectivity index (χ1) is 14.5. The predicted molar refractivity (Wildman–Crippen MR) is 107 cm³/mol. The topological polar surface area (TPSA) is 109 Å². The van der Waals surface area contributed by atoms with Crippen LogP contribution >= 0.6 is 12.3 Å². The fraction of sp³-hybridized carbons (Fsp3) is 0.211. The van der Waals surface area contributed by atoms with Crippen LogP contribution in [0.5, 0.6) is 0 Å². The Balaban J connectivity index is 1.53. The zero-order valence-corrected chi connectivity index (χ0v) is 16.2. The average Bonchev–Trinajstić information content (AvgIpc) is 3.30. The van der Waals surface area contributed by atoms with E-state index in [1.807, 2.05) is 0 Å². The number of hydrogen-bond acceptors (Lipinski definition) is 7. The van der Waals surface area contributed by atoms with E-state index in [0.717, 1.165) is 34.9 Å². The number of aliphatic hydroxyl groups is 1. The van der Waals surface area contributed by atoms with Crippen LogP contribution in [0.25, 0.3) is 22.4 Å². The lowest BCUT2D eigenvalue weighted by Crippen LogP contribution is -2.33. The third kappa shape index (κ3) is 3.06. The number of H-pyrrole nitrogens is 1. The Bertz CT molecular complexity index is 1290. The van der Waals surface area contributed by atoms with Crippen LogP contribution in [0.3, 0.4) is 0 Å². The van der Waals surface area contributed by atoms with Crippen molar-refractivity contribution < 1.29 is 17.9 Å². The second-order valence-corrected chi connectivity index (χ2v) is 7.69. The van der Waals surface area contributed by atoms with Crippen LogP contribution in [-0.4, -0.2) is 24.2 Å². The summed E-state index contributed by atoms with van der Waals surface area (Å²) in [5.74, 6) is -1.47. The predicted octanol–water partition coefficient (Wildman–Crippen LogP) is 4.01. The minimum Gasteiger partial charge on any atom is -0.385 e. The van der Waals surface area contributed by atoms with Crippen molar-refractivity contribution in [1.82, 2.24) is 19.1 Å². The maximum atomic E-state index is 14.7. The Morgan fingerprint density at radius 3 is 2.67 bits per heavy atom. The van der Waals surface area contributed by atoms with Crippen molar-refractivity contribution in [2.45, 2.75) is 24.9 Å². The third-order valence-electron chi connectivity index (χ3n) is 5.33. The Labute approximate surface area is 172 Å². The molecule has 1 saturated carbocycles. The van der Waals surface area contributed by atoms with Crippen LogP contribution in [0, 0.1) is 5.82 Å². The molecule has 1 aromatic carbocycles. The highest BCUT2D eigenvalue weighted by atomic mass is 32.2. The first kappa shape index (κ1) is 18.8. The van der Waals surface area contributed by atoms with Gasteiger partial charge in [-0.3, -0.25) is 13.5 Å². The van der Waals surface area contributed by atoms with Crippen LogP contribution in [0.4, 0.5) is 19.8 Å². The number of benzene rings is 1. The Hall–Kier alpha value is -3.18. The van der Waals surface area contributed by atoms with Crippen molar-refractivity contribution in [2.24, 2.45) is 0 Å². The zero-order valence-electron chi connectivity index (χ0n) is 15.4. The molecule has 1 aliphatic rings. The third-order valence-corrected chi connectivity index (χ3v) is 5.78. The number of hydrogen-bond donors (Lipinski definition) is 3. The van der Waals surface area contributed by atoms with Gasteiger partial charge in [-0.25, -0.2) is 14.2 Å². The van der Waals surface area contributed by atoms with Gasteiger partial charge >= 0.3 is 5.76 Å². The number of nitrogens with one attached hydrogen (secondary N) is 2. The molecule has 8 nitrogen and oxygen atoms in total. The smallest absolute Gasteiger partial charge is 0.385 e. The first-order valence-electron chi connectivity index (χ1n) is 9.14. The van der Waals surface area contributed by atoms with Crippen LogP contribution in [0.2, 0.25) is 0 Å². The van der Waals surface area contributed by atoms with E-state index in [4.69, 9.17) is 0 Å². The highest BCUT2D eigenvalue weighted by Crippen LogP contribution is 2.41. The quantitative estimate of drug-likeness (QED) is 0.438. The molecule has 0 aliphatic heterocycles. The second kappa shape index (κ2) is 6.96. The van der Waals surface area contributed by atoms with Gasteiger partial charge < -0.3 is 10.4 Å². The fourth-order valence-electron chi connectivity index (χ4n) is 3.56. The first-order valence-corrected chi connectivity index (χ1v) is 9.81. The van der Waals surface area contributed by atoms with Gasteiger partial charge in [-0.1, -0.05) is 17.3 Å². The molecule has 11 heteroatoms. The Kier molecular flexibility index (Phi) is 4.36. The molecule has 4 aromatic rings. The van der Waals surface area contributed by atoms with Crippen molar-refractivity contribution in [3.8, 4) is 11.4 Å². The molecule has 1 aliphatic carbocycles. The van der Waals surface area contributed by atoms with Crippen molar-refractivity contribution in [2.75, 3.05) is 5.32 Å². The van der Waals surface area contributed by atoms with Crippen LogP contribution in [-0.2, 0) is 5.60 Å². The van der Waals surface area contributed by atoms with E-state index < -0.39 is 17.2 Å². The van der Waals surface area contributed by atoms with E-state index in [2.05, 4.69) is 25.0 Å². The highest BCUT2D eigenvalue weighted by molar-refractivity contribution is 7.92. The summed E-state index contributed by atoms with van der Waals surface area (Å²) in [6.45, 7) is 0. The van der Waals surface area contributed by atoms with Crippen LogP contribution < -0.4 is 11.1 Å². The van der Waals surface area contributed by atoms with Gasteiger partial charge in [0.05, 0.1) is 16.7 Å². The number of aromatic amines is 1. The molecule has 0 saturated heterocycles. The molecule has 5 rings (SSSR count). The van der Waals surface area contributed by atoms with Gasteiger partial charge in [-0.15, -0.1) is 3.89 Å². The molecule has 0 amide bonds. The zero-order chi connectivity index (χ0) is 20.9. The minimum atomic E-state index is -0.780. The van der Waals surface area contributed by atoms with Gasteiger partial charge in [0.2, 0.25) is 0 Å². The van der Waals surface area contributed by atoms with E-state index in [-0.39, 0.29) is 40.6 Å². The number of fused-ring (bicyclic) bond motifs is 1. The van der Waals surface area contributed by atoms with Gasteiger partial charge in [0, 0.05) is 18.0 Å². The lowest BCUT2D eigenvalue weighted by Gasteiger charge is -2.37. The van der Waals surface area contributed by atoms with E-state index in [1.165, 1.54) is 6.20 Å². The summed E-state index contributed by atoms with van der Waals surface area (Å²) >= 11 is -0.134. The standard InChI is InChI=1S/C19H15F2N5O3S/c20-13-8-14-15(12(9-26(14)30-21)16-24-18(27)29-25-16)23-17(13)22-11-4-2-10(3-5-11)19(28)6-1-7-19/h2-5,8-9,28H,1,6-7H2,(H,22,23)(H,24,25,27). The van der Waals surface area contributed by atoms with Crippen LogP contribution in [0.15, 0.2) is 45.8 Å². The molecule has 1 fully saturated rings. The van der Waals surface area contributed by atoms with Gasteiger partial charge in [0.15, 0.2) is 29.8 Å². The number of aromatic nitrogens is 4. The second-order valence-electron chi connectivity index (χ2n) is 7.16. The summed E-state index contributed by atoms with van der Waals surface area (Å²) in [4.78, 5) is 17.9. The Morgan fingerprint density at radius 2 is 2.07 bits per heavy atom. The van der Waals surface area contributed by atoms with E-state index >= 15 is 0 Å². The molecule has 0 radical (unpaired) electrons. The fourth-order valence-corrected chi connectivity index (χ4v) is 3.92. The van der Waals surface area contributed by atoms with E-state index in [9.17, 15) is 18.2 Å². The van der Waals surface area contributed by atoms with Gasteiger partial charge in [0.25, 0.3) is 0 Å². The normalized spacial score (nSPS) is 15.3. The summed E-state index contributed by atoms with van der Waals surface area (Å²) in [5.41, 5.74) is 1.30. The summed E-state index contributed by atoms with van der Waals surface area (Å²) in [7, 11) is 0.